The standard InChI is InChI=1S/C23H26N4O3S2/c1-15-12-20(16(2)26(15)19-10-11-32(29,30)14-19)21(28)13-31-23-25-24-22(17-8-9-17)27(23)18-6-4-3-5-7-18/h3-7,12,17,19H,8-11,13-14H2,1-2H3/t19-/m1/s1. The number of para-hydroxylation sites is 1. The Balaban J connectivity index is 1.37. The fourth-order valence-electron chi connectivity index (χ4n) is 4.61. The predicted octanol–water partition coefficient (Wildman–Crippen LogP) is 3.90. The molecule has 32 heavy (non-hydrogen) atoms. The Morgan fingerprint density at radius 2 is 1.88 bits per heavy atom. The number of rotatable bonds is 7. The van der Waals surface area contributed by atoms with E-state index in [1.807, 2.05) is 54.8 Å². The molecule has 9 heteroatoms. The third kappa shape index (κ3) is 4.03. The summed E-state index contributed by atoms with van der Waals surface area (Å²) >= 11 is 1.40. The number of carbonyl (C=O) groups excluding carboxylic acids is 1. The zero-order chi connectivity index (χ0) is 22.5. The van der Waals surface area contributed by atoms with Gasteiger partial charge in [-0.1, -0.05) is 30.0 Å². The molecule has 0 radical (unpaired) electrons. The minimum atomic E-state index is -2.99. The van der Waals surface area contributed by atoms with Gasteiger partial charge in [-0.25, -0.2) is 8.42 Å². The van der Waals surface area contributed by atoms with Crippen LogP contribution >= 0.6 is 11.8 Å². The quantitative estimate of drug-likeness (QED) is 0.385. The van der Waals surface area contributed by atoms with Crippen LogP contribution in [0.4, 0.5) is 0 Å². The maximum absolute atomic E-state index is 13.1. The normalized spacial score (nSPS) is 20.0. The number of hydrogen-bond donors (Lipinski definition) is 0. The van der Waals surface area contributed by atoms with Crippen LogP contribution in [0.5, 0.6) is 0 Å². The van der Waals surface area contributed by atoms with E-state index < -0.39 is 9.84 Å². The summed E-state index contributed by atoms with van der Waals surface area (Å²) < 4.78 is 28.0. The Morgan fingerprint density at radius 1 is 1.12 bits per heavy atom. The van der Waals surface area contributed by atoms with Gasteiger partial charge in [0.15, 0.2) is 20.8 Å². The van der Waals surface area contributed by atoms with Crippen molar-refractivity contribution >= 4 is 27.4 Å². The molecule has 0 spiro atoms. The van der Waals surface area contributed by atoms with Crippen molar-refractivity contribution in [2.45, 2.75) is 50.2 Å². The summed E-state index contributed by atoms with van der Waals surface area (Å²) in [5, 5.41) is 9.55. The molecule has 2 aliphatic rings. The van der Waals surface area contributed by atoms with Crippen LogP contribution in [0.2, 0.25) is 0 Å². The highest BCUT2D eigenvalue weighted by Crippen LogP contribution is 2.41. The Kier molecular flexibility index (Phi) is 5.49. The Labute approximate surface area is 192 Å². The molecule has 0 N–H and O–H groups in total. The van der Waals surface area contributed by atoms with E-state index in [4.69, 9.17) is 0 Å². The van der Waals surface area contributed by atoms with Gasteiger partial charge in [-0.15, -0.1) is 10.2 Å². The number of nitrogens with zero attached hydrogens (tertiary/aromatic N) is 4. The number of thioether (sulfide) groups is 1. The molecule has 2 fully saturated rings. The van der Waals surface area contributed by atoms with Gasteiger partial charge in [0, 0.05) is 34.6 Å². The van der Waals surface area contributed by atoms with Gasteiger partial charge in [0.1, 0.15) is 5.82 Å². The van der Waals surface area contributed by atoms with E-state index in [1.165, 1.54) is 11.8 Å². The molecular formula is C23H26N4O3S2. The van der Waals surface area contributed by atoms with Crippen LogP contribution in [-0.4, -0.2) is 50.8 Å². The number of carbonyl (C=O) groups is 1. The minimum Gasteiger partial charge on any atom is -0.344 e. The van der Waals surface area contributed by atoms with Gasteiger partial charge in [0.05, 0.1) is 17.3 Å². The van der Waals surface area contributed by atoms with Crippen molar-refractivity contribution in [3.63, 3.8) is 0 Å². The summed E-state index contributed by atoms with van der Waals surface area (Å²) in [4.78, 5) is 13.1. The minimum absolute atomic E-state index is 0.0192. The SMILES string of the molecule is Cc1cc(C(=O)CSc2nnc(C3CC3)n2-c2ccccc2)c(C)n1[C@@H]1CCS(=O)(=O)C1. The second-order valence-electron chi connectivity index (χ2n) is 8.71. The molecule has 1 saturated heterocycles. The lowest BCUT2D eigenvalue weighted by atomic mass is 10.2. The molecule has 0 amide bonds. The van der Waals surface area contributed by atoms with E-state index in [-0.39, 0.29) is 29.1 Å². The van der Waals surface area contributed by atoms with Crippen LogP contribution in [0.1, 0.15) is 58.8 Å². The average Bonchev–Trinajstić information content (AvgIpc) is 3.32. The van der Waals surface area contributed by atoms with Crippen molar-refractivity contribution in [3.8, 4) is 5.69 Å². The molecule has 1 atom stereocenters. The fraction of sp³-hybridized carbons (Fsp3) is 0.435. The first kappa shape index (κ1) is 21.5. The number of aromatic nitrogens is 4. The van der Waals surface area contributed by atoms with Gasteiger partial charge in [-0.2, -0.15) is 0 Å². The number of Topliss-reactive ketones (excluding diaryl/α,β-unsaturated/α-hetero) is 1. The van der Waals surface area contributed by atoms with Gasteiger partial charge in [0.25, 0.3) is 0 Å². The Bertz CT molecular complexity index is 1270. The van der Waals surface area contributed by atoms with Gasteiger partial charge in [-0.3, -0.25) is 9.36 Å². The summed E-state index contributed by atoms with van der Waals surface area (Å²) in [6, 6.07) is 11.8. The second kappa shape index (κ2) is 8.19. The maximum Gasteiger partial charge on any atom is 0.196 e. The average molecular weight is 471 g/mol. The molecule has 7 nitrogen and oxygen atoms in total. The largest absolute Gasteiger partial charge is 0.344 e. The molecule has 3 heterocycles. The summed E-state index contributed by atoms with van der Waals surface area (Å²) in [5.74, 6) is 2.04. The lowest BCUT2D eigenvalue weighted by Gasteiger charge is -2.16. The van der Waals surface area contributed by atoms with E-state index in [0.717, 1.165) is 40.9 Å². The van der Waals surface area contributed by atoms with Gasteiger partial charge in [0.2, 0.25) is 0 Å². The van der Waals surface area contributed by atoms with E-state index in [0.29, 0.717) is 17.9 Å². The molecule has 5 rings (SSSR count). The smallest absolute Gasteiger partial charge is 0.196 e. The molecule has 1 saturated carbocycles. The van der Waals surface area contributed by atoms with Crippen LogP contribution < -0.4 is 0 Å². The fourth-order valence-corrected chi connectivity index (χ4v) is 7.15. The first-order chi connectivity index (χ1) is 15.3. The topological polar surface area (TPSA) is 86.8 Å². The van der Waals surface area contributed by atoms with E-state index >= 15 is 0 Å². The van der Waals surface area contributed by atoms with Gasteiger partial charge >= 0.3 is 0 Å². The molecule has 1 aliphatic carbocycles. The first-order valence-electron chi connectivity index (χ1n) is 10.9. The third-order valence-corrected chi connectivity index (χ3v) is 8.99. The van der Waals surface area contributed by atoms with E-state index in [1.54, 1.807) is 0 Å². The summed E-state index contributed by atoms with van der Waals surface area (Å²) in [5.41, 5.74) is 3.45. The zero-order valence-electron chi connectivity index (χ0n) is 18.2. The summed E-state index contributed by atoms with van der Waals surface area (Å²) in [6.45, 7) is 3.85. The number of ketones is 1. The highest BCUT2D eigenvalue weighted by molar-refractivity contribution is 7.99. The molecule has 0 bridgehead atoms. The lowest BCUT2D eigenvalue weighted by molar-refractivity contribution is 0.102. The molecule has 2 aromatic heterocycles. The van der Waals surface area contributed by atoms with Gasteiger partial charge < -0.3 is 4.57 Å². The third-order valence-electron chi connectivity index (χ3n) is 6.31. The van der Waals surface area contributed by atoms with Crippen molar-refractivity contribution in [1.82, 2.24) is 19.3 Å². The van der Waals surface area contributed by atoms with Crippen molar-refractivity contribution in [3.05, 3.63) is 59.2 Å². The number of benzene rings is 1. The second-order valence-corrected chi connectivity index (χ2v) is 11.9. The highest BCUT2D eigenvalue weighted by Gasteiger charge is 2.33. The van der Waals surface area contributed by atoms with Crippen molar-refractivity contribution in [2.24, 2.45) is 0 Å². The summed E-state index contributed by atoms with van der Waals surface area (Å²) in [6.07, 6.45) is 2.85. The molecule has 1 aliphatic heterocycles. The number of hydrogen-bond acceptors (Lipinski definition) is 6. The van der Waals surface area contributed by atoms with E-state index in [9.17, 15) is 13.2 Å². The van der Waals surface area contributed by atoms with Crippen molar-refractivity contribution in [2.75, 3.05) is 17.3 Å². The van der Waals surface area contributed by atoms with Crippen molar-refractivity contribution < 1.29 is 13.2 Å². The summed E-state index contributed by atoms with van der Waals surface area (Å²) in [7, 11) is -2.99. The molecule has 168 valence electrons. The lowest BCUT2D eigenvalue weighted by Crippen LogP contribution is -2.14. The van der Waals surface area contributed by atoms with Gasteiger partial charge in [-0.05, 0) is 51.3 Å². The highest BCUT2D eigenvalue weighted by atomic mass is 32.2. The van der Waals surface area contributed by atoms with Crippen LogP contribution in [0, 0.1) is 13.8 Å². The van der Waals surface area contributed by atoms with Crippen LogP contribution in [0.3, 0.4) is 0 Å². The number of aryl methyl sites for hydroxylation is 1. The monoisotopic (exact) mass is 470 g/mol. The predicted molar refractivity (Wildman–Crippen MR) is 125 cm³/mol. The van der Waals surface area contributed by atoms with E-state index in [2.05, 4.69) is 14.8 Å². The zero-order valence-corrected chi connectivity index (χ0v) is 19.8. The number of sulfone groups is 1. The van der Waals surface area contributed by atoms with Crippen LogP contribution in [-0.2, 0) is 9.84 Å². The van der Waals surface area contributed by atoms with Crippen LogP contribution in [0.15, 0.2) is 41.6 Å². The molecule has 0 unspecified atom stereocenters. The Morgan fingerprint density at radius 3 is 2.53 bits per heavy atom. The molecule has 1 aromatic carbocycles. The maximum atomic E-state index is 13.1. The Hall–Kier alpha value is -2.39. The first-order valence-corrected chi connectivity index (χ1v) is 13.7. The molecular weight excluding hydrogens is 444 g/mol. The molecule has 3 aromatic rings. The van der Waals surface area contributed by atoms with Crippen LogP contribution in [0.25, 0.3) is 5.69 Å². The van der Waals surface area contributed by atoms with Crippen molar-refractivity contribution in [1.29, 1.82) is 0 Å².